The van der Waals surface area contributed by atoms with E-state index in [0.29, 0.717) is 18.0 Å². The molecule has 2 amide bonds. The van der Waals surface area contributed by atoms with Crippen LogP contribution < -0.4 is 5.32 Å². The summed E-state index contributed by atoms with van der Waals surface area (Å²) in [6.07, 6.45) is 7.77. The van der Waals surface area contributed by atoms with Crippen LogP contribution >= 0.6 is 11.3 Å². The zero-order valence-corrected chi connectivity index (χ0v) is 15.5. The Balaban J connectivity index is 1.25. The molecule has 138 valence electrons. The van der Waals surface area contributed by atoms with Crippen molar-refractivity contribution in [3.8, 4) is 0 Å². The van der Waals surface area contributed by atoms with Gasteiger partial charge in [-0.15, -0.1) is 11.3 Å². The molecule has 2 fully saturated rings. The number of nitrogens with zero attached hydrogens (tertiary/aromatic N) is 2. The van der Waals surface area contributed by atoms with Gasteiger partial charge in [0.25, 0.3) is 5.91 Å². The van der Waals surface area contributed by atoms with Crippen LogP contribution in [0, 0.1) is 5.92 Å². The van der Waals surface area contributed by atoms with Crippen molar-refractivity contribution >= 4 is 23.2 Å². The largest absolute Gasteiger partial charge is 0.472 e. The molecule has 1 aliphatic carbocycles. The average Bonchev–Trinajstić information content (AvgIpc) is 3.18. The van der Waals surface area contributed by atoms with Crippen molar-refractivity contribution < 1.29 is 14.0 Å². The molecule has 26 heavy (non-hydrogen) atoms. The normalized spacial score (nSPS) is 18.1. The van der Waals surface area contributed by atoms with Gasteiger partial charge in [0.2, 0.25) is 5.91 Å². The number of hydrogen-bond donors (Lipinski definition) is 1. The first-order valence-corrected chi connectivity index (χ1v) is 10.1. The Morgan fingerprint density at radius 3 is 2.77 bits per heavy atom. The Kier molecular flexibility index (Phi) is 5.06. The van der Waals surface area contributed by atoms with Gasteiger partial charge in [0.15, 0.2) is 0 Å². The Labute approximate surface area is 156 Å². The summed E-state index contributed by atoms with van der Waals surface area (Å²) in [7, 11) is 0. The first kappa shape index (κ1) is 17.3. The van der Waals surface area contributed by atoms with Crippen LogP contribution in [0.25, 0.3) is 0 Å². The number of aromatic nitrogens is 1. The zero-order valence-electron chi connectivity index (χ0n) is 14.6. The van der Waals surface area contributed by atoms with Gasteiger partial charge in [0.05, 0.1) is 22.5 Å². The van der Waals surface area contributed by atoms with Crippen LogP contribution in [0.4, 0.5) is 0 Å². The Hall–Kier alpha value is -2.15. The molecule has 6 nitrogen and oxygen atoms in total. The van der Waals surface area contributed by atoms with Crippen LogP contribution in [0.2, 0.25) is 0 Å². The number of carbonyl (C=O) groups excluding carboxylic acids is 2. The first-order chi connectivity index (χ1) is 12.7. The van der Waals surface area contributed by atoms with Crippen molar-refractivity contribution in [1.82, 2.24) is 15.2 Å². The molecular weight excluding hydrogens is 350 g/mol. The Morgan fingerprint density at radius 1 is 1.27 bits per heavy atom. The molecular formula is C19H23N3O3S. The van der Waals surface area contributed by atoms with Gasteiger partial charge < -0.3 is 14.6 Å². The molecule has 2 aliphatic rings. The van der Waals surface area contributed by atoms with Crippen molar-refractivity contribution in [2.24, 2.45) is 5.92 Å². The van der Waals surface area contributed by atoms with Gasteiger partial charge in [-0.3, -0.25) is 9.59 Å². The molecule has 0 atom stereocenters. The van der Waals surface area contributed by atoms with E-state index in [4.69, 9.17) is 9.40 Å². The molecule has 2 aromatic rings. The van der Waals surface area contributed by atoms with Gasteiger partial charge in [-0.1, -0.05) is 0 Å². The van der Waals surface area contributed by atoms with E-state index in [9.17, 15) is 9.59 Å². The second-order valence-electron chi connectivity index (χ2n) is 7.07. The summed E-state index contributed by atoms with van der Waals surface area (Å²) in [6, 6.07) is 1.71. The number of furan rings is 1. The molecule has 1 N–H and O–H groups in total. The van der Waals surface area contributed by atoms with Gasteiger partial charge in [-0.25, -0.2) is 4.98 Å². The maximum Gasteiger partial charge on any atom is 0.257 e. The standard InChI is InChI=1S/C19H23N3O3S/c23-17(13-1-2-13)20-7-3-16-12-26-18(21-16)14-4-8-22(9-5-14)19(24)15-6-10-25-11-15/h6,10-14H,1-5,7-9H2,(H,20,23). The number of carbonyl (C=O) groups is 2. The summed E-state index contributed by atoms with van der Waals surface area (Å²) in [5.74, 6) is 0.915. The smallest absolute Gasteiger partial charge is 0.257 e. The maximum atomic E-state index is 12.4. The Morgan fingerprint density at radius 2 is 2.08 bits per heavy atom. The van der Waals surface area contributed by atoms with E-state index >= 15 is 0 Å². The molecule has 1 aliphatic heterocycles. The van der Waals surface area contributed by atoms with E-state index in [0.717, 1.165) is 55.9 Å². The van der Waals surface area contributed by atoms with Crippen LogP contribution in [0.1, 0.15) is 52.7 Å². The van der Waals surface area contributed by atoms with E-state index in [1.165, 1.54) is 12.5 Å². The van der Waals surface area contributed by atoms with Crippen LogP contribution in [-0.4, -0.2) is 41.3 Å². The highest BCUT2D eigenvalue weighted by atomic mass is 32.1. The monoisotopic (exact) mass is 373 g/mol. The minimum Gasteiger partial charge on any atom is -0.472 e. The minimum absolute atomic E-state index is 0.0448. The van der Waals surface area contributed by atoms with E-state index in [-0.39, 0.29) is 17.7 Å². The molecule has 0 radical (unpaired) electrons. The summed E-state index contributed by atoms with van der Waals surface area (Å²) in [6.45, 7) is 2.16. The average molecular weight is 373 g/mol. The molecule has 0 bridgehead atoms. The molecule has 4 rings (SSSR count). The lowest BCUT2D eigenvalue weighted by Gasteiger charge is -2.30. The summed E-state index contributed by atoms with van der Waals surface area (Å²) in [5, 5.41) is 6.24. The Bertz CT molecular complexity index is 759. The summed E-state index contributed by atoms with van der Waals surface area (Å²) in [5.41, 5.74) is 1.67. The van der Waals surface area contributed by atoms with Gasteiger partial charge >= 0.3 is 0 Å². The number of rotatable bonds is 6. The summed E-state index contributed by atoms with van der Waals surface area (Å²) < 4.78 is 5.00. The van der Waals surface area contributed by atoms with E-state index in [1.807, 2.05) is 4.90 Å². The van der Waals surface area contributed by atoms with Crippen molar-refractivity contribution in [1.29, 1.82) is 0 Å². The second-order valence-corrected chi connectivity index (χ2v) is 7.96. The predicted molar refractivity (Wildman–Crippen MR) is 98.1 cm³/mol. The second kappa shape index (κ2) is 7.61. The third kappa shape index (κ3) is 3.98. The van der Waals surface area contributed by atoms with Crippen LogP contribution in [0.3, 0.4) is 0 Å². The van der Waals surface area contributed by atoms with Gasteiger partial charge in [-0.05, 0) is 31.7 Å². The first-order valence-electron chi connectivity index (χ1n) is 9.24. The zero-order chi connectivity index (χ0) is 17.9. The van der Waals surface area contributed by atoms with Crippen molar-refractivity contribution in [3.63, 3.8) is 0 Å². The molecule has 3 heterocycles. The van der Waals surface area contributed by atoms with Gasteiger partial charge in [-0.2, -0.15) is 0 Å². The molecule has 2 aromatic heterocycles. The fourth-order valence-electron chi connectivity index (χ4n) is 3.33. The third-order valence-corrected chi connectivity index (χ3v) is 6.15. The number of nitrogens with one attached hydrogen (secondary N) is 1. The lowest BCUT2D eigenvalue weighted by molar-refractivity contribution is -0.122. The van der Waals surface area contributed by atoms with Gasteiger partial charge in [0, 0.05) is 43.3 Å². The fraction of sp³-hybridized carbons (Fsp3) is 0.526. The SMILES string of the molecule is O=C(NCCc1csc(C2CCN(C(=O)c3ccoc3)CC2)n1)C1CC1. The van der Waals surface area contributed by atoms with Gasteiger partial charge in [0.1, 0.15) is 6.26 Å². The van der Waals surface area contributed by atoms with Crippen LogP contribution in [0.15, 0.2) is 28.4 Å². The predicted octanol–water partition coefficient (Wildman–Crippen LogP) is 2.82. The van der Waals surface area contributed by atoms with Crippen molar-refractivity contribution in [3.05, 3.63) is 40.2 Å². The lowest BCUT2D eigenvalue weighted by Crippen LogP contribution is -2.37. The molecule has 1 saturated heterocycles. The molecule has 1 saturated carbocycles. The highest BCUT2D eigenvalue weighted by molar-refractivity contribution is 7.09. The van der Waals surface area contributed by atoms with E-state index < -0.39 is 0 Å². The summed E-state index contributed by atoms with van der Waals surface area (Å²) >= 11 is 1.70. The number of likely N-dealkylation sites (tertiary alicyclic amines) is 1. The number of piperidine rings is 1. The van der Waals surface area contributed by atoms with Crippen molar-refractivity contribution in [2.45, 2.75) is 38.0 Å². The number of thiazole rings is 1. The highest BCUT2D eigenvalue weighted by Gasteiger charge is 2.29. The van der Waals surface area contributed by atoms with Crippen LogP contribution in [-0.2, 0) is 11.2 Å². The lowest BCUT2D eigenvalue weighted by atomic mass is 9.97. The number of amides is 2. The fourth-order valence-corrected chi connectivity index (χ4v) is 4.35. The molecule has 7 heteroatoms. The summed E-state index contributed by atoms with van der Waals surface area (Å²) in [4.78, 5) is 30.7. The van der Waals surface area contributed by atoms with Crippen LogP contribution in [0.5, 0.6) is 0 Å². The molecule has 0 unspecified atom stereocenters. The van der Waals surface area contributed by atoms with Crippen molar-refractivity contribution in [2.75, 3.05) is 19.6 Å². The minimum atomic E-state index is 0.0448. The highest BCUT2D eigenvalue weighted by Crippen LogP contribution is 2.31. The third-order valence-electron chi connectivity index (χ3n) is 5.10. The van der Waals surface area contributed by atoms with E-state index in [1.54, 1.807) is 17.4 Å². The number of hydrogen-bond acceptors (Lipinski definition) is 5. The molecule has 0 aromatic carbocycles. The molecule has 0 spiro atoms. The topological polar surface area (TPSA) is 75.4 Å². The van der Waals surface area contributed by atoms with E-state index in [2.05, 4.69) is 10.7 Å². The quantitative estimate of drug-likeness (QED) is 0.845. The maximum absolute atomic E-state index is 12.4.